The molecular formula is C41H59N5O7. The molecule has 0 aliphatic carbocycles. The summed E-state index contributed by atoms with van der Waals surface area (Å²) >= 11 is 0. The number of methoxy groups -OCH3 is 2. The second-order valence-corrected chi connectivity index (χ2v) is 14.4. The molecule has 0 radical (unpaired) electrons. The van der Waals surface area contributed by atoms with Crippen LogP contribution >= 0.6 is 0 Å². The number of nitrogens with zero attached hydrogens (tertiary/aromatic N) is 3. The van der Waals surface area contributed by atoms with E-state index in [9.17, 15) is 24.4 Å². The highest BCUT2D eigenvalue weighted by molar-refractivity contribution is 5.86. The molecule has 2 N–H and O–H groups in total. The van der Waals surface area contributed by atoms with E-state index in [1.165, 1.54) is 14.2 Å². The fourth-order valence-corrected chi connectivity index (χ4v) is 7.21. The van der Waals surface area contributed by atoms with Gasteiger partial charge in [0.25, 0.3) is 0 Å². The van der Waals surface area contributed by atoms with Crippen molar-refractivity contribution < 1.29 is 33.4 Å². The maximum absolute atomic E-state index is 14.1. The van der Waals surface area contributed by atoms with Gasteiger partial charge in [0, 0.05) is 34.2 Å². The molecule has 0 unspecified atom stereocenters. The van der Waals surface area contributed by atoms with E-state index in [1.54, 1.807) is 23.8 Å². The zero-order chi connectivity index (χ0) is 39.1. The Morgan fingerprint density at radius 1 is 0.943 bits per heavy atom. The van der Waals surface area contributed by atoms with E-state index in [1.807, 2.05) is 88.4 Å². The van der Waals surface area contributed by atoms with Crippen molar-refractivity contribution in [1.82, 2.24) is 20.4 Å². The molecule has 0 saturated carbocycles. The molecular weight excluding hydrogens is 674 g/mol. The van der Waals surface area contributed by atoms with E-state index in [4.69, 9.17) is 14.2 Å². The van der Waals surface area contributed by atoms with Crippen LogP contribution in [0.1, 0.15) is 71.4 Å². The molecule has 2 aromatic carbocycles. The summed E-state index contributed by atoms with van der Waals surface area (Å²) in [6, 6.07) is 18.6. The molecule has 0 aromatic heterocycles. The molecule has 4 amide bonds. The van der Waals surface area contributed by atoms with Crippen LogP contribution in [-0.2, 0) is 41.6 Å². The summed E-state index contributed by atoms with van der Waals surface area (Å²) in [5.41, 5.74) is 1.77. The summed E-state index contributed by atoms with van der Waals surface area (Å²) in [5.74, 6) is -1.72. The Kier molecular flexibility index (Phi) is 17.2. The smallest absolute Gasteiger partial charge is 0.408 e. The zero-order valence-electron chi connectivity index (χ0n) is 32.6. The fourth-order valence-electron chi connectivity index (χ4n) is 7.21. The van der Waals surface area contributed by atoms with Crippen LogP contribution in [0.3, 0.4) is 0 Å². The number of nitriles is 1. The van der Waals surface area contributed by atoms with Gasteiger partial charge in [0.1, 0.15) is 18.7 Å². The molecule has 53 heavy (non-hydrogen) atoms. The van der Waals surface area contributed by atoms with Crippen LogP contribution in [0, 0.1) is 29.1 Å². The van der Waals surface area contributed by atoms with Gasteiger partial charge in [-0.15, -0.1) is 0 Å². The van der Waals surface area contributed by atoms with Gasteiger partial charge in [-0.1, -0.05) is 102 Å². The Morgan fingerprint density at radius 3 is 2.11 bits per heavy atom. The summed E-state index contributed by atoms with van der Waals surface area (Å²) in [4.78, 5) is 57.8. The summed E-state index contributed by atoms with van der Waals surface area (Å²) in [5, 5.41) is 15.4. The third-order valence-electron chi connectivity index (χ3n) is 10.4. The first-order chi connectivity index (χ1) is 25.4. The predicted octanol–water partition coefficient (Wildman–Crippen LogP) is 5.11. The van der Waals surface area contributed by atoms with Gasteiger partial charge in [-0.25, -0.2) is 4.79 Å². The van der Waals surface area contributed by atoms with Crippen LogP contribution in [0.5, 0.6) is 0 Å². The molecule has 1 heterocycles. The molecule has 290 valence electrons. The number of carbonyl (C=O) groups excluding carboxylic acids is 4. The van der Waals surface area contributed by atoms with Crippen molar-refractivity contribution in [2.24, 2.45) is 17.8 Å². The lowest BCUT2D eigenvalue weighted by atomic mass is 9.89. The van der Waals surface area contributed by atoms with Crippen LogP contribution in [0.15, 0.2) is 60.7 Å². The number of carbonyl (C=O) groups is 4. The lowest BCUT2D eigenvalue weighted by Gasteiger charge is -2.40. The number of amides is 4. The minimum Gasteiger partial charge on any atom is -0.445 e. The minimum atomic E-state index is -0.866. The molecule has 0 bridgehead atoms. The Balaban J connectivity index is 1.71. The van der Waals surface area contributed by atoms with E-state index >= 15 is 0 Å². The van der Waals surface area contributed by atoms with Gasteiger partial charge in [0.2, 0.25) is 17.7 Å². The van der Waals surface area contributed by atoms with Gasteiger partial charge in [-0.2, -0.15) is 5.26 Å². The van der Waals surface area contributed by atoms with E-state index in [-0.39, 0.29) is 48.6 Å². The van der Waals surface area contributed by atoms with E-state index in [0.717, 1.165) is 17.5 Å². The Morgan fingerprint density at radius 2 is 1.57 bits per heavy atom. The number of ether oxygens (including phenoxy) is 3. The minimum absolute atomic E-state index is 0.00309. The van der Waals surface area contributed by atoms with Crippen LogP contribution in [0.4, 0.5) is 4.79 Å². The highest BCUT2D eigenvalue weighted by atomic mass is 16.5. The van der Waals surface area contributed by atoms with Gasteiger partial charge in [-0.3, -0.25) is 14.4 Å². The van der Waals surface area contributed by atoms with Crippen LogP contribution < -0.4 is 10.6 Å². The topological polar surface area (TPSA) is 150 Å². The molecule has 1 fully saturated rings. The first-order valence-electron chi connectivity index (χ1n) is 18.7. The first kappa shape index (κ1) is 42.9. The van der Waals surface area contributed by atoms with Crippen molar-refractivity contribution in [2.45, 2.75) is 110 Å². The lowest BCUT2D eigenvalue weighted by molar-refractivity contribution is -0.147. The standard InChI is InChI=1S/C41H59N5O7/c1-9-28(4)37(45(6)40(49)36(27(2)3)44-41(50)53-26-31-19-14-11-15-20-31)34(51-7)24-35(47)46-22-16-21-33(46)38(52-8)29(5)39(48)43-32(25-42)23-30-17-12-10-13-18-30/h10-15,17-20,27-29,32-34,36-38H,9,16,21-24,26H2,1-8H3,(H,43,48)(H,44,50)/t28-,29+,32-,33-,34+,36-,37-,38+/m0/s1. The van der Waals surface area contributed by atoms with Crippen molar-refractivity contribution in [3.05, 3.63) is 71.8 Å². The van der Waals surface area contributed by atoms with Crippen LogP contribution in [0.2, 0.25) is 0 Å². The Labute approximate surface area is 315 Å². The van der Waals surface area contributed by atoms with Gasteiger partial charge in [-0.05, 0) is 35.8 Å². The fraction of sp³-hybridized carbons (Fsp3) is 0.585. The monoisotopic (exact) mass is 733 g/mol. The first-order valence-corrected chi connectivity index (χ1v) is 18.7. The van der Waals surface area contributed by atoms with Crippen molar-refractivity contribution in [1.29, 1.82) is 5.26 Å². The van der Waals surface area contributed by atoms with Crippen molar-refractivity contribution in [3.63, 3.8) is 0 Å². The summed E-state index contributed by atoms with van der Waals surface area (Å²) in [7, 11) is 4.77. The highest BCUT2D eigenvalue weighted by Gasteiger charge is 2.43. The number of hydrogen-bond donors (Lipinski definition) is 2. The molecule has 3 rings (SSSR count). The molecule has 8 atom stereocenters. The Hall–Kier alpha value is -4.47. The number of benzene rings is 2. The van der Waals surface area contributed by atoms with Crippen molar-refractivity contribution in [2.75, 3.05) is 27.8 Å². The van der Waals surface area contributed by atoms with E-state index < -0.39 is 42.3 Å². The number of hydrogen-bond acceptors (Lipinski definition) is 8. The molecule has 12 heteroatoms. The summed E-state index contributed by atoms with van der Waals surface area (Å²) in [6.45, 7) is 10.1. The number of likely N-dealkylation sites (N-methyl/N-ethyl adjacent to an activating group) is 1. The van der Waals surface area contributed by atoms with Gasteiger partial charge < -0.3 is 34.6 Å². The molecule has 0 spiro atoms. The van der Waals surface area contributed by atoms with E-state index in [2.05, 4.69) is 16.7 Å². The van der Waals surface area contributed by atoms with Crippen molar-refractivity contribution in [3.8, 4) is 6.07 Å². The molecule has 1 aliphatic heterocycles. The number of alkyl carbamates (subject to hydrolysis) is 1. The number of likely N-dealkylation sites (tertiary alicyclic amines) is 1. The number of nitrogens with one attached hydrogen (secondary N) is 2. The van der Waals surface area contributed by atoms with Crippen molar-refractivity contribution >= 4 is 23.8 Å². The van der Waals surface area contributed by atoms with Crippen LogP contribution in [-0.4, -0.2) is 97.8 Å². The zero-order valence-corrected chi connectivity index (χ0v) is 32.6. The summed E-state index contributed by atoms with van der Waals surface area (Å²) in [6.07, 6.45) is 0.543. The second-order valence-electron chi connectivity index (χ2n) is 14.4. The average molecular weight is 734 g/mol. The Bertz CT molecular complexity index is 1500. The van der Waals surface area contributed by atoms with Gasteiger partial charge in [0.15, 0.2) is 0 Å². The summed E-state index contributed by atoms with van der Waals surface area (Å²) < 4.78 is 17.3. The predicted molar refractivity (Wildman–Crippen MR) is 202 cm³/mol. The van der Waals surface area contributed by atoms with Gasteiger partial charge in [0.05, 0.1) is 42.7 Å². The quantitative estimate of drug-likeness (QED) is 0.202. The largest absolute Gasteiger partial charge is 0.445 e. The molecule has 2 aromatic rings. The van der Waals surface area contributed by atoms with Gasteiger partial charge >= 0.3 is 6.09 Å². The lowest BCUT2D eigenvalue weighted by Crippen LogP contribution is -2.57. The average Bonchev–Trinajstić information content (AvgIpc) is 3.65. The normalized spacial score (nSPS) is 18.1. The highest BCUT2D eigenvalue weighted by Crippen LogP contribution is 2.29. The maximum atomic E-state index is 14.1. The van der Waals surface area contributed by atoms with E-state index in [0.29, 0.717) is 25.8 Å². The third kappa shape index (κ3) is 12.0. The second kappa shape index (κ2) is 21.3. The SMILES string of the molecule is CC[C@H](C)[C@@H]([C@@H](CC(=O)N1CCC[C@H]1[C@H](OC)[C@@H](C)C(=O)N[C@H](C#N)Cc1ccccc1)OC)N(C)C(=O)[C@@H](NC(=O)OCc1ccccc1)C(C)C. The number of rotatable bonds is 19. The molecule has 12 nitrogen and oxygen atoms in total. The van der Waals surface area contributed by atoms with Crippen LogP contribution in [0.25, 0.3) is 0 Å². The third-order valence-corrected chi connectivity index (χ3v) is 10.4. The molecule has 1 saturated heterocycles. The molecule has 1 aliphatic rings. The maximum Gasteiger partial charge on any atom is 0.408 e.